The molecule has 0 spiro atoms. The summed E-state index contributed by atoms with van der Waals surface area (Å²) in [7, 11) is 2.99. The van der Waals surface area contributed by atoms with E-state index in [1.165, 1.54) is 77.7 Å². The Bertz CT molecular complexity index is 1080. The summed E-state index contributed by atoms with van der Waals surface area (Å²) in [4.78, 5) is 26.6. The highest BCUT2D eigenvalue weighted by Crippen LogP contribution is 2.45. The molecular formula is C37H59NO6. The average molecular weight is 614 g/mol. The van der Waals surface area contributed by atoms with Crippen molar-refractivity contribution in [2.45, 2.75) is 130 Å². The minimum Gasteiger partial charge on any atom is -0.494 e. The van der Waals surface area contributed by atoms with Gasteiger partial charge in [-0.1, -0.05) is 96.1 Å². The van der Waals surface area contributed by atoms with Gasteiger partial charge >= 0.3 is 11.9 Å². The van der Waals surface area contributed by atoms with Gasteiger partial charge in [-0.25, -0.2) is 9.59 Å². The molecule has 0 aromatic heterocycles. The van der Waals surface area contributed by atoms with Crippen molar-refractivity contribution in [2.24, 2.45) is 0 Å². The highest BCUT2D eigenvalue weighted by molar-refractivity contribution is 6.02. The van der Waals surface area contributed by atoms with Crippen LogP contribution in [0.15, 0.2) is 40.7 Å². The van der Waals surface area contributed by atoms with Gasteiger partial charge in [0.15, 0.2) is 0 Å². The Balaban J connectivity index is 2.26. The zero-order chi connectivity index (χ0) is 32.2. The molecule has 0 bridgehead atoms. The van der Waals surface area contributed by atoms with Crippen LogP contribution >= 0.6 is 0 Å². The van der Waals surface area contributed by atoms with E-state index in [-0.39, 0.29) is 17.9 Å². The number of dihydropyridines is 1. The molecule has 0 amide bonds. The first-order valence-electron chi connectivity index (χ1n) is 17.1. The highest BCUT2D eigenvalue weighted by Gasteiger charge is 2.40. The van der Waals surface area contributed by atoms with Gasteiger partial charge in [0.25, 0.3) is 0 Å². The minimum absolute atomic E-state index is 0.118. The molecule has 0 radical (unpaired) electrons. The van der Waals surface area contributed by atoms with Crippen LogP contribution in [0.2, 0.25) is 0 Å². The number of methoxy groups -OCH3 is 2. The standard InChI is InChI=1S/C37H59NO6/c1-7-10-11-12-13-14-15-16-17-18-19-20-21-23-29-24-22-25-31(43-8-2)32(29)33-30(26-27-41-5)28(4)38-35(37(40)42-6)34(33)36(39)44-9-3/h22,24-25,33,38H,7-21,23,26-27H2,1-6H3. The topological polar surface area (TPSA) is 83.1 Å². The number of allylic oxidation sites excluding steroid dienone is 1. The highest BCUT2D eigenvalue weighted by atomic mass is 16.5. The van der Waals surface area contributed by atoms with Crippen molar-refractivity contribution in [1.82, 2.24) is 5.32 Å². The Labute approximate surface area is 267 Å². The lowest BCUT2D eigenvalue weighted by Gasteiger charge is -2.33. The van der Waals surface area contributed by atoms with Crippen LogP contribution in [0.3, 0.4) is 0 Å². The molecule has 1 aromatic carbocycles. The fourth-order valence-corrected chi connectivity index (χ4v) is 6.17. The van der Waals surface area contributed by atoms with Crippen molar-refractivity contribution in [3.05, 3.63) is 51.9 Å². The second kappa shape index (κ2) is 21.8. The van der Waals surface area contributed by atoms with Crippen LogP contribution in [0.5, 0.6) is 5.75 Å². The maximum Gasteiger partial charge on any atom is 0.355 e. The van der Waals surface area contributed by atoms with Crippen LogP contribution in [-0.2, 0) is 30.2 Å². The van der Waals surface area contributed by atoms with Gasteiger partial charge in [0.2, 0.25) is 0 Å². The van der Waals surface area contributed by atoms with E-state index in [0.29, 0.717) is 19.6 Å². The van der Waals surface area contributed by atoms with Crippen molar-refractivity contribution in [2.75, 3.05) is 34.0 Å². The molecule has 1 N–H and O–H groups in total. The van der Waals surface area contributed by atoms with Gasteiger partial charge in [0.05, 0.1) is 32.5 Å². The third-order valence-corrected chi connectivity index (χ3v) is 8.46. The summed E-state index contributed by atoms with van der Waals surface area (Å²) in [5, 5.41) is 3.17. The van der Waals surface area contributed by atoms with Gasteiger partial charge in [-0.05, 0) is 57.2 Å². The lowest BCUT2D eigenvalue weighted by Crippen LogP contribution is -2.35. The lowest BCUT2D eigenvalue weighted by atomic mass is 9.76. The van der Waals surface area contributed by atoms with E-state index < -0.39 is 17.9 Å². The fraction of sp³-hybridized carbons (Fsp3) is 0.676. The lowest BCUT2D eigenvalue weighted by molar-refractivity contribution is -0.141. The van der Waals surface area contributed by atoms with Crippen molar-refractivity contribution in [1.29, 1.82) is 0 Å². The first-order chi connectivity index (χ1) is 21.4. The second-order valence-corrected chi connectivity index (χ2v) is 11.7. The number of esters is 2. The van der Waals surface area contributed by atoms with E-state index in [4.69, 9.17) is 18.9 Å². The van der Waals surface area contributed by atoms with Gasteiger partial charge in [0, 0.05) is 24.3 Å². The van der Waals surface area contributed by atoms with Crippen LogP contribution in [0, 0.1) is 0 Å². The number of ether oxygens (including phenoxy) is 4. The van der Waals surface area contributed by atoms with Gasteiger partial charge < -0.3 is 24.3 Å². The zero-order valence-electron chi connectivity index (χ0n) is 28.5. The van der Waals surface area contributed by atoms with Crippen molar-refractivity contribution in [3.63, 3.8) is 0 Å². The molecule has 0 aliphatic carbocycles. The Kier molecular flexibility index (Phi) is 18.5. The summed E-state index contributed by atoms with van der Waals surface area (Å²) in [6.07, 6.45) is 18.4. The Morgan fingerprint density at radius 1 is 0.773 bits per heavy atom. The zero-order valence-corrected chi connectivity index (χ0v) is 28.5. The molecule has 248 valence electrons. The average Bonchev–Trinajstić information content (AvgIpc) is 3.02. The third kappa shape index (κ3) is 11.6. The quantitative estimate of drug-likeness (QED) is 0.0976. The summed E-state index contributed by atoms with van der Waals surface area (Å²) < 4.78 is 22.3. The summed E-state index contributed by atoms with van der Waals surface area (Å²) in [6, 6.07) is 6.11. The number of carbonyl (C=O) groups excluding carboxylic acids is 2. The van der Waals surface area contributed by atoms with Gasteiger partial charge in [-0.15, -0.1) is 0 Å². The van der Waals surface area contributed by atoms with E-state index in [2.05, 4.69) is 18.3 Å². The number of nitrogens with one attached hydrogen (secondary N) is 1. The number of unbranched alkanes of at least 4 members (excludes halogenated alkanes) is 12. The van der Waals surface area contributed by atoms with Crippen LogP contribution in [0.1, 0.15) is 135 Å². The number of hydrogen-bond acceptors (Lipinski definition) is 7. The molecule has 2 rings (SSSR count). The van der Waals surface area contributed by atoms with E-state index in [9.17, 15) is 9.59 Å². The number of rotatable bonds is 23. The van der Waals surface area contributed by atoms with Crippen LogP contribution in [-0.4, -0.2) is 46.0 Å². The normalized spacial score (nSPS) is 14.9. The van der Waals surface area contributed by atoms with E-state index in [1.807, 2.05) is 26.0 Å². The Morgan fingerprint density at radius 3 is 1.93 bits per heavy atom. The monoisotopic (exact) mass is 613 g/mol. The molecule has 1 heterocycles. The molecule has 1 aromatic rings. The third-order valence-electron chi connectivity index (χ3n) is 8.46. The molecular weight excluding hydrogens is 554 g/mol. The number of hydrogen-bond donors (Lipinski definition) is 1. The first-order valence-corrected chi connectivity index (χ1v) is 17.1. The number of carbonyl (C=O) groups is 2. The Hall–Kier alpha value is -2.80. The molecule has 1 aliphatic heterocycles. The molecule has 0 saturated heterocycles. The maximum absolute atomic E-state index is 13.6. The van der Waals surface area contributed by atoms with Crippen LogP contribution in [0.25, 0.3) is 0 Å². The molecule has 7 nitrogen and oxygen atoms in total. The fourth-order valence-electron chi connectivity index (χ4n) is 6.17. The Morgan fingerprint density at radius 2 is 1.39 bits per heavy atom. The van der Waals surface area contributed by atoms with Crippen molar-refractivity contribution in [3.8, 4) is 5.75 Å². The predicted molar refractivity (Wildman–Crippen MR) is 178 cm³/mol. The molecule has 0 saturated carbocycles. The van der Waals surface area contributed by atoms with Crippen LogP contribution in [0.4, 0.5) is 0 Å². The second-order valence-electron chi connectivity index (χ2n) is 11.7. The number of aryl methyl sites for hydroxylation is 1. The first kappa shape index (κ1) is 37.4. The largest absolute Gasteiger partial charge is 0.494 e. The van der Waals surface area contributed by atoms with Gasteiger partial charge in [0.1, 0.15) is 11.4 Å². The van der Waals surface area contributed by atoms with Gasteiger partial charge in [-0.2, -0.15) is 0 Å². The summed E-state index contributed by atoms with van der Waals surface area (Å²) >= 11 is 0. The van der Waals surface area contributed by atoms with Gasteiger partial charge in [-0.3, -0.25) is 0 Å². The summed E-state index contributed by atoms with van der Waals surface area (Å²) in [5.41, 5.74) is 4.20. The van der Waals surface area contributed by atoms with E-state index in [1.54, 1.807) is 14.0 Å². The van der Waals surface area contributed by atoms with E-state index in [0.717, 1.165) is 47.4 Å². The van der Waals surface area contributed by atoms with E-state index >= 15 is 0 Å². The van der Waals surface area contributed by atoms with Crippen molar-refractivity contribution >= 4 is 11.9 Å². The molecule has 1 aliphatic rings. The van der Waals surface area contributed by atoms with Crippen LogP contribution < -0.4 is 10.1 Å². The van der Waals surface area contributed by atoms with Crippen molar-refractivity contribution < 1.29 is 28.5 Å². The molecule has 0 fully saturated rings. The SMILES string of the molecule is CCCCCCCCCCCCCCCc1cccc(OCC)c1C1C(CCOC)=C(C)NC(C(=O)OC)=C1C(=O)OCC. The number of benzene rings is 1. The summed E-state index contributed by atoms with van der Waals surface area (Å²) in [6.45, 7) is 9.07. The molecule has 1 unspecified atom stereocenters. The minimum atomic E-state index is -0.602. The molecule has 1 atom stereocenters. The summed E-state index contributed by atoms with van der Waals surface area (Å²) in [5.74, 6) is -0.944. The molecule has 7 heteroatoms. The predicted octanol–water partition coefficient (Wildman–Crippen LogP) is 8.71. The maximum atomic E-state index is 13.6. The smallest absolute Gasteiger partial charge is 0.355 e. The molecule has 44 heavy (non-hydrogen) atoms.